The molecule has 0 unspecified atom stereocenters. The third-order valence-electron chi connectivity index (χ3n) is 4.69. The molecular formula is C19H21BrN4. The Morgan fingerprint density at radius 2 is 1.92 bits per heavy atom. The maximum absolute atomic E-state index is 4.52. The highest BCUT2D eigenvalue weighted by Gasteiger charge is 2.14. The third kappa shape index (κ3) is 3.24. The van der Waals surface area contributed by atoms with Crippen LogP contribution in [0, 0.1) is 0 Å². The number of piperazine rings is 1. The van der Waals surface area contributed by atoms with Gasteiger partial charge in [-0.25, -0.2) is 4.98 Å². The van der Waals surface area contributed by atoms with Gasteiger partial charge in [-0.3, -0.25) is 9.30 Å². The first-order valence-corrected chi connectivity index (χ1v) is 9.11. The number of nitrogens with zero attached hydrogens (tertiary/aromatic N) is 4. The summed E-state index contributed by atoms with van der Waals surface area (Å²) >= 11 is 3.55. The van der Waals surface area contributed by atoms with Crippen LogP contribution in [0.4, 0.5) is 0 Å². The normalized spacial score (nSPS) is 16.8. The number of pyridine rings is 1. The van der Waals surface area contributed by atoms with E-state index in [1.165, 1.54) is 11.1 Å². The highest BCUT2D eigenvalue weighted by Crippen LogP contribution is 2.24. The molecule has 3 aromatic rings. The number of likely N-dealkylation sites (N-methyl/N-ethyl adjacent to an activating group) is 1. The zero-order valence-electron chi connectivity index (χ0n) is 13.8. The van der Waals surface area contributed by atoms with Gasteiger partial charge in [-0.2, -0.15) is 0 Å². The average molecular weight is 385 g/mol. The van der Waals surface area contributed by atoms with Crippen molar-refractivity contribution in [1.29, 1.82) is 0 Å². The maximum Gasteiger partial charge on any atom is 0.137 e. The van der Waals surface area contributed by atoms with Crippen LogP contribution in [-0.2, 0) is 6.54 Å². The Morgan fingerprint density at radius 1 is 1.08 bits per heavy atom. The molecule has 3 heterocycles. The Bertz CT molecular complexity index is 849. The molecule has 1 fully saturated rings. The van der Waals surface area contributed by atoms with E-state index in [2.05, 4.69) is 72.6 Å². The predicted octanol–water partition coefficient (Wildman–Crippen LogP) is 3.51. The Labute approximate surface area is 150 Å². The van der Waals surface area contributed by atoms with Crippen molar-refractivity contribution in [3.05, 3.63) is 58.8 Å². The predicted molar refractivity (Wildman–Crippen MR) is 101 cm³/mol. The maximum atomic E-state index is 4.52. The molecule has 0 N–H and O–H groups in total. The lowest BCUT2D eigenvalue weighted by atomic mass is 10.1. The molecule has 0 radical (unpaired) electrons. The molecule has 1 saturated heterocycles. The molecule has 2 aromatic heterocycles. The molecule has 1 aliphatic heterocycles. The second-order valence-electron chi connectivity index (χ2n) is 6.50. The first-order chi connectivity index (χ1) is 11.7. The fourth-order valence-corrected chi connectivity index (χ4v) is 3.60. The van der Waals surface area contributed by atoms with Crippen molar-refractivity contribution in [2.24, 2.45) is 0 Å². The van der Waals surface area contributed by atoms with E-state index in [1.807, 2.05) is 18.3 Å². The van der Waals surface area contributed by atoms with E-state index in [0.29, 0.717) is 0 Å². The number of rotatable bonds is 3. The SMILES string of the molecule is CN1CCN(Cc2cccc(-c3cnc4ccc(Br)cn34)c2)CC1. The Hall–Kier alpha value is -1.69. The number of halogens is 1. The number of benzene rings is 1. The molecule has 4 nitrogen and oxygen atoms in total. The number of fused-ring (bicyclic) bond motifs is 1. The molecule has 0 amide bonds. The van der Waals surface area contributed by atoms with Crippen molar-refractivity contribution in [3.63, 3.8) is 0 Å². The van der Waals surface area contributed by atoms with Gasteiger partial charge in [0.1, 0.15) is 5.65 Å². The highest BCUT2D eigenvalue weighted by molar-refractivity contribution is 9.10. The van der Waals surface area contributed by atoms with Crippen molar-refractivity contribution in [1.82, 2.24) is 19.2 Å². The van der Waals surface area contributed by atoms with E-state index in [1.54, 1.807) is 0 Å². The average Bonchev–Trinajstić information content (AvgIpc) is 3.00. The first kappa shape index (κ1) is 15.8. The molecule has 0 saturated carbocycles. The van der Waals surface area contributed by atoms with Crippen LogP contribution in [0.5, 0.6) is 0 Å². The van der Waals surface area contributed by atoms with Gasteiger partial charge in [0.15, 0.2) is 0 Å². The van der Waals surface area contributed by atoms with Gasteiger partial charge in [-0.15, -0.1) is 0 Å². The smallest absolute Gasteiger partial charge is 0.137 e. The van der Waals surface area contributed by atoms with Crippen LogP contribution in [0.2, 0.25) is 0 Å². The van der Waals surface area contributed by atoms with Crippen molar-refractivity contribution in [3.8, 4) is 11.3 Å². The topological polar surface area (TPSA) is 23.8 Å². The molecule has 24 heavy (non-hydrogen) atoms. The van der Waals surface area contributed by atoms with Crippen molar-refractivity contribution < 1.29 is 0 Å². The van der Waals surface area contributed by atoms with Gasteiger partial charge in [0, 0.05) is 49.0 Å². The van der Waals surface area contributed by atoms with Crippen LogP contribution >= 0.6 is 15.9 Å². The van der Waals surface area contributed by atoms with Crippen LogP contribution in [0.25, 0.3) is 16.9 Å². The fourth-order valence-electron chi connectivity index (χ4n) is 3.26. The number of imidazole rings is 1. The van der Waals surface area contributed by atoms with Gasteiger partial charge in [0.25, 0.3) is 0 Å². The summed E-state index contributed by atoms with van der Waals surface area (Å²) in [5.41, 5.74) is 4.68. The molecule has 124 valence electrons. The Morgan fingerprint density at radius 3 is 2.75 bits per heavy atom. The molecule has 0 aliphatic carbocycles. The van der Waals surface area contributed by atoms with Gasteiger partial charge < -0.3 is 4.90 Å². The minimum absolute atomic E-state index is 0.970. The van der Waals surface area contributed by atoms with E-state index >= 15 is 0 Å². The minimum atomic E-state index is 0.970. The van der Waals surface area contributed by atoms with Crippen molar-refractivity contribution >= 4 is 21.6 Å². The van der Waals surface area contributed by atoms with Crippen molar-refractivity contribution in [2.45, 2.75) is 6.54 Å². The second kappa shape index (κ2) is 6.67. The summed E-state index contributed by atoms with van der Waals surface area (Å²) in [5, 5.41) is 0. The molecule has 1 aliphatic rings. The first-order valence-electron chi connectivity index (χ1n) is 8.32. The molecule has 0 bridgehead atoms. The van der Waals surface area contributed by atoms with Crippen LogP contribution < -0.4 is 0 Å². The summed E-state index contributed by atoms with van der Waals surface area (Å²) < 4.78 is 3.20. The summed E-state index contributed by atoms with van der Waals surface area (Å²) in [4.78, 5) is 9.44. The van der Waals surface area contributed by atoms with E-state index in [4.69, 9.17) is 0 Å². The van der Waals surface area contributed by atoms with Crippen molar-refractivity contribution in [2.75, 3.05) is 33.2 Å². The number of aromatic nitrogens is 2. The van der Waals surface area contributed by atoms with E-state index in [0.717, 1.165) is 48.5 Å². The molecule has 1 aromatic carbocycles. The van der Waals surface area contributed by atoms with Crippen LogP contribution in [0.15, 0.2) is 53.3 Å². The molecule has 5 heteroatoms. The summed E-state index contributed by atoms with van der Waals surface area (Å²) in [6.45, 7) is 5.61. The van der Waals surface area contributed by atoms with Gasteiger partial charge in [0.05, 0.1) is 11.9 Å². The lowest BCUT2D eigenvalue weighted by Gasteiger charge is -2.32. The lowest BCUT2D eigenvalue weighted by Crippen LogP contribution is -2.43. The summed E-state index contributed by atoms with van der Waals surface area (Å²) in [5.74, 6) is 0. The van der Waals surface area contributed by atoms with Gasteiger partial charge >= 0.3 is 0 Å². The van der Waals surface area contributed by atoms with E-state index in [9.17, 15) is 0 Å². The summed E-state index contributed by atoms with van der Waals surface area (Å²) in [7, 11) is 2.20. The van der Waals surface area contributed by atoms with Gasteiger partial charge in [-0.1, -0.05) is 18.2 Å². The standard InChI is InChI=1S/C19H21BrN4/c1-22-7-9-23(10-8-22)13-15-3-2-4-16(11-15)18-12-21-19-6-5-17(20)14-24(18)19/h2-6,11-12,14H,7-10,13H2,1H3. The molecular weight excluding hydrogens is 364 g/mol. The Balaban J connectivity index is 1.61. The largest absolute Gasteiger partial charge is 0.304 e. The van der Waals surface area contributed by atoms with Crippen LogP contribution in [0.1, 0.15) is 5.56 Å². The summed E-state index contributed by atoms with van der Waals surface area (Å²) in [6.07, 6.45) is 4.03. The van der Waals surface area contributed by atoms with E-state index < -0.39 is 0 Å². The zero-order valence-corrected chi connectivity index (χ0v) is 15.4. The molecule has 0 atom stereocenters. The minimum Gasteiger partial charge on any atom is -0.304 e. The van der Waals surface area contributed by atoms with Crippen LogP contribution in [0.3, 0.4) is 0 Å². The highest BCUT2D eigenvalue weighted by atomic mass is 79.9. The third-order valence-corrected chi connectivity index (χ3v) is 5.16. The van der Waals surface area contributed by atoms with Gasteiger partial charge in [0.2, 0.25) is 0 Å². The lowest BCUT2D eigenvalue weighted by molar-refractivity contribution is 0.148. The number of hydrogen-bond acceptors (Lipinski definition) is 3. The zero-order chi connectivity index (χ0) is 16.5. The fraction of sp³-hybridized carbons (Fsp3) is 0.316. The quantitative estimate of drug-likeness (QED) is 0.690. The second-order valence-corrected chi connectivity index (χ2v) is 7.41. The van der Waals surface area contributed by atoms with Gasteiger partial charge in [-0.05, 0) is 46.7 Å². The number of hydrogen-bond donors (Lipinski definition) is 0. The Kier molecular flexibility index (Phi) is 4.39. The monoisotopic (exact) mass is 384 g/mol. The summed E-state index contributed by atoms with van der Waals surface area (Å²) in [6, 6.07) is 12.9. The molecule has 4 rings (SSSR count). The van der Waals surface area contributed by atoms with Crippen LogP contribution in [-0.4, -0.2) is 52.4 Å². The van der Waals surface area contributed by atoms with E-state index in [-0.39, 0.29) is 0 Å². The molecule has 0 spiro atoms.